The highest BCUT2D eigenvalue weighted by atomic mass is 16.5. The Kier molecular flexibility index (Phi) is 16.4. The first kappa shape index (κ1) is 70.3. The molecule has 0 amide bonds. The Morgan fingerprint density at radius 2 is 0.500 bits per heavy atom. The summed E-state index contributed by atoms with van der Waals surface area (Å²) in [5.41, 5.74) is 35.9. The van der Waals surface area contributed by atoms with Gasteiger partial charge in [0.2, 0.25) is 0 Å². The predicted octanol–water partition coefficient (Wildman–Crippen LogP) is 31.5. The number of fused-ring (bicyclic) bond motifs is 20. The first-order chi connectivity index (χ1) is 60.5. The van der Waals surface area contributed by atoms with Gasteiger partial charge >= 0.3 is 0 Å². The van der Waals surface area contributed by atoms with Crippen molar-refractivity contribution in [3.05, 3.63) is 506 Å². The average molecular weight is 1550 g/mol. The first-order valence-corrected chi connectivity index (χ1v) is 42.1. The fourth-order valence-electron chi connectivity index (χ4n) is 20.6. The van der Waals surface area contributed by atoms with Crippen LogP contribution in [-0.4, -0.2) is 0 Å². The number of anilines is 6. The number of benzene rings is 20. The van der Waals surface area contributed by atoms with Crippen molar-refractivity contribution in [1.82, 2.24) is 0 Å². The smallest absolute Gasteiger partial charge is 0.132 e. The standard InChI is InChI=1S/C118H76N2O2/c1-3-25-77(26-4-1)78-49-60-88(61-50-78)119(89-62-51-79(52-63-89)85-57-68-102-100-38-13-15-40-104(100)118(111(102)75-85)108-43-18-20-46-113(108)121-114-47-21-19-44-109(114)118)90-64-53-83(54-65-90)95-69-70-96(99-37-12-11-36-98(95)99)87-59-71-106-103(74-87)101-39-14-16-41-105(101)117(106)107-42-17-22-48-115(107)122-116-76-86(58-72-110(116)117)84-31-23-32-92(73-84)120(112-45-24-30-81-29-7-8-35-97(81)112)91-66-55-82(56-67-91)94-34-10-9-33-93(94)80-27-5-2-6-28-80/h1-76H. The third-order valence-corrected chi connectivity index (χ3v) is 26.0. The fourth-order valence-corrected chi connectivity index (χ4v) is 20.6. The molecule has 0 saturated heterocycles. The SMILES string of the molecule is c1ccc(-c2ccc(N(c3ccc(-c4ccc5c(c4)C4(c6ccccc6Oc6ccccc64)c4ccccc4-5)cc3)c3ccc(-c4ccc(-c5ccc6c(c5)-c5ccccc5C65c6ccccc6Oc6cc(-c7cccc(N(c8ccc(-c9ccccc9-c9ccccc9)cc8)c8cccc9ccccc89)c7)ccc65)c5ccccc45)cc3)cc2)cc1. The largest absolute Gasteiger partial charge is 0.457 e. The minimum Gasteiger partial charge on any atom is -0.457 e. The summed E-state index contributed by atoms with van der Waals surface area (Å²) >= 11 is 0. The quantitative estimate of drug-likeness (QED) is 0.115. The Bertz CT molecular complexity index is 7510. The van der Waals surface area contributed by atoms with Crippen LogP contribution in [0.15, 0.2) is 461 Å². The summed E-state index contributed by atoms with van der Waals surface area (Å²) in [5.74, 6) is 3.47. The topological polar surface area (TPSA) is 24.9 Å². The highest BCUT2D eigenvalue weighted by Crippen LogP contribution is 2.65. The number of hydrogen-bond acceptors (Lipinski definition) is 4. The van der Waals surface area contributed by atoms with Crippen LogP contribution in [0.1, 0.15) is 44.5 Å². The molecule has 2 aliphatic carbocycles. The molecular formula is C118H76N2O2. The van der Waals surface area contributed by atoms with Gasteiger partial charge in [-0.25, -0.2) is 0 Å². The van der Waals surface area contributed by atoms with E-state index in [2.05, 4.69) is 471 Å². The zero-order valence-corrected chi connectivity index (χ0v) is 66.6. The lowest BCUT2D eigenvalue weighted by atomic mass is 9.66. The van der Waals surface area contributed by atoms with Gasteiger partial charge in [-0.3, -0.25) is 0 Å². The second-order valence-corrected chi connectivity index (χ2v) is 32.4. The molecule has 2 heterocycles. The van der Waals surface area contributed by atoms with E-state index in [4.69, 9.17) is 9.47 Å². The lowest BCUT2D eigenvalue weighted by Crippen LogP contribution is -2.32. The van der Waals surface area contributed by atoms with Gasteiger partial charge in [0.05, 0.1) is 16.5 Å². The lowest BCUT2D eigenvalue weighted by Gasteiger charge is -2.39. The van der Waals surface area contributed by atoms with Gasteiger partial charge in [0.25, 0.3) is 0 Å². The molecule has 122 heavy (non-hydrogen) atoms. The van der Waals surface area contributed by atoms with Crippen LogP contribution >= 0.6 is 0 Å². The molecule has 20 aromatic carbocycles. The zero-order chi connectivity index (χ0) is 80.4. The van der Waals surface area contributed by atoms with Gasteiger partial charge in [-0.15, -0.1) is 0 Å². The molecule has 2 aliphatic heterocycles. The molecule has 20 aromatic rings. The molecule has 0 aromatic heterocycles. The number of hydrogen-bond donors (Lipinski definition) is 0. The molecule has 0 radical (unpaired) electrons. The minimum absolute atomic E-state index is 0.558. The van der Waals surface area contributed by atoms with Gasteiger partial charge < -0.3 is 19.3 Å². The second kappa shape index (κ2) is 28.5. The summed E-state index contributed by atoms with van der Waals surface area (Å²) in [4.78, 5) is 4.79. The number of rotatable bonds is 13. The Morgan fingerprint density at radius 3 is 1.11 bits per heavy atom. The van der Waals surface area contributed by atoms with Crippen molar-refractivity contribution in [2.75, 3.05) is 9.80 Å². The van der Waals surface area contributed by atoms with E-state index >= 15 is 0 Å². The first-order valence-electron chi connectivity index (χ1n) is 42.1. The van der Waals surface area contributed by atoms with Gasteiger partial charge in [-0.1, -0.05) is 358 Å². The number of ether oxygens (including phenoxy) is 2. The van der Waals surface area contributed by atoms with Crippen molar-refractivity contribution in [2.24, 2.45) is 0 Å². The summed E-state index contributed by atoms with van der Waals surface area (Å²) in [6.45, 7) is 0. The van der Waals surface area contributed by atoms with Crippen molar-refractivity contribution in [3.8, 4) is 123 Å². The summed E-state index contributed by atoms with van der Waals surface area (Å²) in [6, 6.07) is 169. The molecule has 4 heteroatoms. The van der Waals surface area contributed by atoms with Crippen molar-refractivity contribution in [2.45, 2.75) is 10.8 Å². The maximum absolute atomic E-state index is 7.22. The number of nitrogens with zero attached hydrogens (tertiary/aromatic N) is 2. The van der Waals surface area contributed by atoms with Crippen LogP contribution in [-0.2, 0) is 10.8 Å². The van der Waals surface area contributed by atoms with E-state index in [-0.39, 0.29) is 0 Å². The Hall–Kier alpha value is -15.9. The van der Waals surface area contributed by atoms with Gasteiger partial charge in [-0.2, -0.15) is 0 Å². The lowest BCUT2D eigenvalue weighted by molar-refractivity contribution is 0.436. The maximum atomic E-state index is 7.22. The monoisotopic (exact) mass is 1550 g/mol. The summed E-state index contributed by atoms with van der Waals surface area (Å²) in [7, 11) is 0. The zero-order valence-electron chi connectivity index (χ0n) is 66.6. The number of para-hydroxylation sites is 3. The van der Waals surface area contributed by atoms with E-state index < -0.39 is 10.8 Å². The van der Waals surface area contributed by atoms with E-state index in [9.17, 15) is 0 Å². The molecule has 0 bridgehead atoms. The van der Waals surface area contributed by atoms with Crippen LogP contribution in [0.3, 0.4) is 0 Å². The molecule has 4 nitrogen and oxygen atoms in total. The van der Waals surface area contributed by atoms with Gasteiger partial charge in [0.15, 0.2) is 0 Å². The molecule has 0 saturated carbocycles. The molecule has 24 rings (SSSR count). The van der Waals surface area contributed by atoms with Crippen LogP contribution < -0.4 is 19.3 Å². The minimum atomic E-state index is -0.675. The predicted molar refractivity (Wildman–Crippen MR) is 504 cm³/mol. The molecule has 1 unspecified atom stereocenters. The van der Waals surface area contributed by atoms with Crippen molar-refractivity contribution >= 4 is 55.7 Å². The van der Waals surface area contributed by atoms with E-state index in [1.165, 1.54) is 105 Å². The van der Waals surface area contributed by atoms with E-state index in [0.29, 0.717) is 0 Å². The Balaban J connectivity index is 0.564. The molecule has 1 atom stereocenters. The van der Waals surface area contributed by atoms with E-state index in [1.54, 1.807) is 0 Å². The van der Waals surface area contributed by atoms with Gasteiger partial charge in [-0.05, 0) is 242 Å². The van der Waals surface area contributed by atoms with Crippen LogP contribution in [0.2, 0.25) is 0 Å². The maximum Gasteiger partial charge on any atom is 0.132 e. The molecule has 2 spiro atoms. The molecule has 0 fully saturated rings. The fraction of sp³-hybridized carbons (Fsp3) is 0.0169. The van der Waals surface area contributed by atoms with Crippen molar-refractivity contribution < 1.29 is 9.47 Å². The third kappa shape index (κ3) is 11.1. The van der Waals surface area contributed by atoms with Gasteiger partial charge in [0, 0.05) is 56.1 Å². The van der Waals surface area contributed by atoms with Gasteiger partial charge in [0.1, 0.15) is 23.0 Å². The normalized spacial score (nSPS) is 13.8. The molecule has 4 aliphatic rings. The molecule has 570 valence electrons. The summed E-state index contributed by atoms with van der Waals surface area (Å²) < 4.78 is 13.9. The van der Waals surface area contributed by atoms with Crippen LogP contribution in [0.25, 0.3) is 122 Å². The van der Waals surface area contributed by atoms with Crippen molar-refractivity contribution in [1.29, 1.82) is 0 Å². The van der Waals surface area contributed by atoms with E-state index in [1.807, 2.05) is 0 Å². The van der Waals surface area contributed by atoms with Crippen molar-refractivity contribution in [3.63, 3.8) is 0 Å². The van der Waals surface area contributed by atoms with Crippen LogP contribution in [0.4, 0.5) is 34.1 Å². The van der Waals surface area contributed by atoms with Crippen LogP contribution in [0.5, 0.6) is 23.0 Å². The summed E-state index contributed by atoms with van der Waals surface area (Å²) in [5, 5.41) is 4.74. The van der Waals surface area contributed by atoms with E-state index in [0.717, 1.165) is 118 Å². The highest BCUT2D eigenvalue weighted by Gasteiger charge is 2.53. The molecular weight excluding hydrogens is 1480 g/mol. The average Bonchev–Trinajstić information content (AvgIpc) is 1.67. The second-order valence-electron chi connectivity index (χ2n) is 32.4. The Morgan fingerprint density at radius 1 is 0.156 bits per heavy atom. The van der Waals surface area contributed by atoms with Crippen LogP contribution in [0, 0.1) is 0 Å². The third-order valence-electron chi connectivity index (χ3n) is 26.0. The highest BCUT2D eigenvalue weighted by molar-refractivity contribution is 6.07. The Labute approximate surface area is 709 Å². The molecule has 0 N–H and O–H groups in total. The summed E-state index contributed by atoms with van der Waals surface area (Å²) in [6.07, 6.45) is 0.